The largest absolute Gasteiger partial charge is 0.481 e. The fourth-order valence-corrected chi connectivity index (χ4v) is 2.72. The van der Waals surface area contributed by atoms with Crippen LogP contribution in [0.25, 0.3) is 0 Å². The number of aryl methyl sites for hydroxylation is 2. The number of benzene rings is 2. The number of amides is 1. The molecule has 0 heterocycles. The molecule has 1 amide bonds. The van der Waals surface area contributed by atoms with Gasteiger partial charge in [-0.1, -0.05) is 26.0 Å². The van der Waals surface area contributed by atoms with Crippen LogP contribution in [0.5, 0.6) is 5.75 Å². The Hall–Kier alpha value is -2.89. The third-order valence-corrected chi connectivity index (χ3v) is 4.24. The van der Waals surface area contributed by atoms with Crippen LogP contribution in [0.15, 0.2) is 36.4 Å². The number of hydrogen-bond acceptors (Lipinski definition) is 4. The number of hydrogen-bond donors (Lipinski definition) is 1. The minimum Gasteiger partial charge on any atom is -0.481 e. The summed E-state index contributed by atoms with van der Waals surface area (Å²) in [6.45, 7) is 9.69. The standard InChI is InChI=1S/C20H24N2O4/c1-12(2)18-9-8-17(10-14(18)4)26-15(5)20(23)21-19-11-16(22(24)25)7-6-13(19)3/h6-12,15H,1-5H3,(H,21,23). The molecule has 0 aliphatic rings. The maximum absolute atomic E-state index is 12.4. The molecule has 0 radical (unpaired) electrons. The first kappa shape index (κ1) is 19.4. The lowest BCUT2D eigenvalue weighted by Crippen LogP contribution is -2.30. The minimum absolute atomic E-state index is 0.0700. The van der Waals surface area contributed by atoms with Crippen molar-refractivity contribution < 1.29 is 14.5 Å². The molecule has 0 spiro atoms. The SMILES string of the molecule is Cc1ccc([N+](=O)[O-])cc1NC(=O)C(C)Oc1ccc(C(C)C)c(C)c1. The van der Waals surface area contributed by atoms with Crippen molar-refractivity contribution in [3.05, 3.63) is 63.2 Å². The summed E-state index contributed by atoms with van der Waals surface area (Å²) in [6.07, 6.45) is -0.738. The molecule has 2 rings (SSSR count). The van der Waals surface area contributed by atoms with Crippen molar-refractivity contribution in [2.24, 2.45) is 0 Å². The van der Waals surface area contributed by atoms with E-state index in [4.69, 9.17) is 4.74 Å². The number of nitro benzene ring substituents is 1. The normalized spacial score (nSPS) is 11.9. The Bertz CT molecular complexity index is 831. The highest BCUT2D eigenvalue weighted by Gasteiger charge is 2.18. The summed E-state index contributed by atoms with van der Waals surface area (Å²) in [5.74, 6) is 0.672. The lowest BCUT2D eigenvalue weighted by molar-refractivity contribution is -0.384. The van der Waals surface area contributed by atoms with Crippen LogP contribution in [0.4, 0.5) is 11.4 Å². The zero-order valence-corrected chi connectivity index (χ0v) is 15.7. The summed E-state index contributed by atoms with van der Waals surface area (Å²) >= 11 is 0. The lowest BCUT2D eigenvalue weighted by Gasteiger charge is -2.17. The molecular weight excluding hydrogens is 332 g/mol. The monoisotopic (exact) mass is 356 g/mol. The molecule has 0 saturated heterocycles. The summed E-state index contributed by atoms with van der Waals surface area (Å²) in [4.78, 5) is 22.8. The molecular formula is C20H24N2O4. The van der Waals surface area contributed by atoms with E-state index in [1.807, 2.05) is 25.1 Å². The zero-order chi connectivity index (χ0) is 19.4. The molecule has 1 unspecified atom stereocenters. The summed E-state index contributed by atoms with van der Waals surface area (Å²) in [6, 6.07) is 10.1. The van der Waals surface area contributed by atoms with Gasteiger partial charge in [0, 0.05) is 12.1 Å². The van der Waals surface area contributed by atoms with Gasteiger partial charge in [-0.2, -0.15) is 0 Å². The van der Waals surface area contributed by atoms with Crippen LogP contribution in [0, 0.1) is 24.0 Å². The third-order valence-electron chi connectivity index (χ3n) is 4.24. The smallest absolute Gasteiger partial charge is 0.271 e. The van der Waals surface area contributed by atoms with Crippen LogP contribution >= 0.6 is 0 Å². The quantitative estimate of drug-likeness (QED) is 0.598. The van der Waals surface area contributed by atoms with Gasteiger partial charge in [0.05, 0.1) is 10.6 Å². The molecule has 26 heavy (non-hydrogen) atoms. The first-order chi connectivity index (χ1) is 12.2. The number of anilines is 1. The van der Waals surface area contributed by atoms with Gasteiger partial charge in [0.25, 0.3) is 11.6 Å². The molecule has 0 saturated carbocycles. The van der Waals surface area contributed by atoms with E-state index >= 15 is 0 Å². The predicted octanol–water partition coefficient (Wildman–Crippen LogP) is 4.74. The second kappa shape index (κ2) is 7.99. The molecule has 0 aliphatic heterocycles. The van der Waals surface area contributed by atoms with Gasteiger partial charge < -0.3 is 10.1 Å². The van der Waals surface area contributed by atoms with Gasteiger partial charge in [0.2, 0.25) is 0 Å². The topological polar surface area (TPSA) is 81.5 Å². The molecule has 6 heteroatoms. The van der Waals surface area contributed by atoms with Gasteiger partial charge >= 0.3 is 0 Å². The fourth-order valence-electron chi connectivity index (χ4n) is 2.72. The molecule has 2 aromatic carbocycles. The molecule has 1 atom stereocenters. The molecule has 0 fully saturated rings. The molecule has 1 N–H and O–H groups in total. The van der Waals surface area contributed by atoms with E-state index in [2.05, 4.69) is 19.2 Å². The summed E-state index contributed by atoms with van der Waals surface area (Å²) < 4.78 is 5.74. The highest BCUT2D eigenvalue weighted by atomic mass is 16.6. The summed E-state index contributed by atoms with van der Waals surface area (Å²) in [5.41, 5.74) is 3.43. The Kier molecular flexibility index (Phi) is 5.97. The van der Waals surface area contributed by atoms with Crippen LogP contribution in [0.1, 0.15) is 43.4 Å². The Balaban J connectivity index is 2.10. The van der Waals surface area contributed by atoms with Gasteiger partial charge in [0.1, 0.15) is 5.75 Å². The highest BCUT2D eigenvalue weighted by Crippen LogP contribution is 2.25. The molecule has 0 aliphatic carbocycles. The second-order valence-corrected chi connectivity index (χ2v) is 6.68. The number of rotatable bonds is 6. The van der Waals surface area contributed by atoms with Crippen molar-refractivity contribution in [2.45, 2.75) is 46.6 Å². The number of non-ortho nitro benzene ring substituents is 1. The maximum Gasteiger partial charge on any atom is 0.271 e. The maximum atomic E-state index is 12.4. The van der Waals surface area contributed by atoms with Gasteiger partial charge in [-0.15, -0.1) is 0 Å². The van der Waals surface area contributed by atoms with E-state index in [-0.39, 0.29) is 11.6 Å². The van der Waals surface area contributed by atoms with E-state index in [0.717, 1.165) is 11.1 Å². The van der Waals surface area contributed by atoms with E-state index < -0.39 is 11.0 Å². The molecule has 2 aromatic rings. The number of ether oxygens (including phenoxy) is 1. The van der Waals surface area contributed by atoms with E-state index in [1.54, 1.807) is 19.9 Å². The van der Waals surface area contributed by atoms with E-state index in [1.165, 1.54) is 17.7 Å². The zero-order valence-electron chi connectivity index (χ0n) is 15.7. The average Bonchev–Trinajstić information content (AvgIpc) is 2.56. The van der Waals surface area contributed by atoms with Crippen molar-refractivity contribution in [2.75, 3.05) is 5.32 Å². The molecule has 0 aromatic heterocycles. The van der Waals surface area contributed by atoms with Crippen LogP contribution in [-0.4, -0.2) is 16.9 Å². The number of nitrogens with zero attached hydrogens (tertiary/aromatic N) is 1. The highest BCUT2D eigenvalue weighted by molar-refractivity contribution is 5.95. The van der Waals surface area contributed by atoms with Crippen molar-refractivity contribution >= 4 is 17.3 Å². The van der Waals surface area contributed by atoms with Crippen molar-refractivity contribution in [3.8, 4) is 5.75 Å². The number of nitro groups is 1. The lowest BCUT2D eigenvalue weighted by atomic mass is 9.98. The third kappa shape index (κ3) is 4.59. The molecule has 6 nitrogen and oxygen atoms in total. The number of nitrogens with one attached hydrogen (secondary N) is 1. The van der Waals surface area contributed by atoms with Crippen molar-refractivity contribution in [1.82, 2.24) is 0 Å². The van der Waals surface area contributed by atoms with Gasteiger partial charge in [-0.25, -0.2) is 0 Å². The number of carbonyl (C=O) groups excluding carboxylic acids is 1. The Morgan fingerprint density at radius 3 is 2.35 bits per heavy atom. The molecule has 138 valence electrons. The Labute approximate surface area is 153 Å². The Morgan fingerprint density at radius 1 is 1.08 bits per heavy atom. The van der Waals surface area contributed by atoms with E-state index in [0.29, 0.717) is 17.4 Å². The fraction of sp³-hybridized carbons (Fsp3) is 0.350. The first-order valence-corrected chi connectivity index (χ1v) is 8.52. The first-order valence-electron chi connectivity index (χ1n) is 8.52. The second-order valence-electron chi connectivity index (χ2n) is 6.68. The summed E-state index contributed by atoms with van der Waals surface area (Å²) in [5, 5.41) is 13.6. The average molecular weight is 356 g/mol. The van der Waals surface area contributed by atoms with Crippen LogP contribution in [0.2, 0.25) is 0 Å². The van der Waals surface area contributed by atoms with Crippen LogP contribution in [-0.2, 0) is 4.79 Å². The van der Waals surface area contributed by atoms with Crippen molar-refractivity contribution in [1.29, 1.82) is 0 Å². The number of carbonyl (C=O) groups is 1. The predicted molar refractivity (Wildman–Crippen MR) is 102 cm³/mol. The van der Waals surface area contributed by atoms with Gasteiger partial charge in [0.15, 0.2) is 6.10 Å². The van der Waals surface area contributed by atoms with Crippen LogP contribution < -0.4 is 10.1 Å². The minimum atomic E-state index is -0.738. The van der Waals surface area contributed by atoms with E-state index in [9.17, 15) is 14.9 Å². The van der Waals surface area contributed by atoms with Gasteiger partial charge in [-0.05, 0) is 55.5 Å². The molecule has 0 bridgehead atoms. The van der Waals surface area contributed by atoms with Crippen LogP contribution in [0.3, 0.4) is 0 Å². The Morgan fingerprint density at radius 2 is 1.77 bits per heavy atom. The summed E-state index contributed by atoms with van der Waals surface area (Å²) in [7, 11) is 0. The van der Waals surface area contributed by atoms with Gasteiger partial charge in [-0.3, -0.25) is 14.9 Å². The van der Waals surface area contributed by atoms with Crippen molar-refractivity contribution in [3.63, 3.8) is 0 Å².